The van der Waals surface area contributed by atoms with Crippen molar-refractivity contribution in [2.24, 2.45) is 0 Å². The summed E-state index contributed by atoms with van der Waals surface area (Å²) in [6.07, 6.45) is 0. The lowest BCUT2D eigenvalue weighted by Crippen LogP contribution is -2.29. The fraction of sp³-hybridized carbons (Fsp3) is 0.152. The first kappa shape index (κ1) is 25.4. The number of ether oxygens (including phenoxy) is 2. The van der Waals surface area contributed by atoms with Gasteiger partial charge in [-0.25, -0.2) is 4.39 Å². The Hall–Kier alpha value is -4.91. The van der Waals surface area contributed by atoms with E-state index >= 15 is 0 Å². The minimum absolute atomic E-state index is 0.0583. The smallest absolute Gasteiger partial charge is 0.295 e. The van der Waals surface area contributed by atoms with Crippen molar-refractivity contribution in [3.63, 3.8) is 0 Å². The van der Waals surface area contributed by atoms with Crippen LogP contribution in [0.3, 0.4) is 0 Å². The molecule has 0 saturated carbocycles. The van der Waals surface area contributed by atoms with Gasteiger partial charge in [-0.3, -0.25) is 14.5 Å². The van der Waals surface area contributed by atoms with Crippen molar-refractivity contribution >= 4 is 22.6 Å². The maximum atomic E-state index is 14.1. The van der Waals surface area contributed by atoms with E-state index in [0.717, 1.165) is 17.2 Å². The lowest BCUT2D eigenvalue weighted by Gasteiger charge is -2.26. The number of hydrogen-bond acceptors (Lipinski definition) is 5. The van der Waals surface area contributed by atoms with Gasteiger partial charge in [0.2, 0.25) is 5.76 Å². The molecule has 1 amide bonds. The molecule has 5 aromatic rings. The molecule has 2 heterocycles. The van der Waals surface area contributed by atoms with E-state index in [0.29, 0.717) is 36.0 Å². The number of rotatable bonds is 7. The number of nitrogens with zero attached hydrogens (tertiary/aromatic N) is 1. The molecule has 1 unspecified atom stereocenters. The van der Waals surface area contributed by atoms with Gasteiger partial charge in [-0.05, 0) is 67.4 Å². The van der Waals surface area contributed by atoms with Crippen LogP contribution in [0.25, 0.3) is 11.0 Å². The minimum atomic E-state index is -0.823. The number of hydrogen-bond donors (Lipinski definition) is 0. The zero-order chi connectivity index (χ0) is 27.8. The van der Waals surface area contributed by atoms with Gasteiger partial charge in [0.1, 0.15) is 18.0 Å². The second-order valence-electron chi connectivity index (χ2n) is 9.64. The number of carbonyl (C=O) groups is 1. The maximum absolute atomic E-state index is 14.1. The summed E-state index contributed by atoms with van der Waals surface area (Å²) in [5, 5.41) is 0.0788. The molecule has 0 spiro atoms. The normalized spacial score (nSPS) is 14.4. The Bertz CT molecular complexity index is 1780. The Balaban J connectivity index is 1.50. The van der Waals surface area contributed by atoms with Crippen LogP contribution in [0.1, 0.15) is 45.8 Å². The lowest BCUT2D eigenvalue weighted by molar-refractivity contribution is 0.0971. The van der Waals surface area contributed by atoms with Gasteiger partial charge in [0, 0.05) is 5.69 Å². The molecule has 1 atom stereocenters. The van der Waals surface area contributed by atoms with Crippen LogP contribution >= 0.6 is 0 Å². The van der Waals surface area contributed by atoms with Gasteiger partial charge in [-0.15, -0.1) is 0 Å². The first-order chi connectivity index (χ1) is 19.4. The van der Waals surface area contributed by atoms with E-state index in [2.05, 4.69) is 0 Å². The van der Waals surface area contributed by atoms with Crippen molar-refractivity contribution in [1.29, 1.82) is 0 Å². The maximum Gasteiger partial charge on any atom is 0.295 e. The summed E-state index contributed by atoms with van der Waals surface area (Å²) in [5.41, 5.74) is 3.12. The van der Waals surface area contributed by atoms with E-state index in [1.54, 1.807) is 17.0 Å². The highest BCUT2D eigenvalue weighted by Crippen LogP contribution is 2.43. The quantitative estimate of drug-likeness (QED) is 0.225. The summed E-state index contributed by atoms with van der Waals surface area (Å²) in [7, 11) is 0. The molecule has 6 nitrogen and oxygen atoms in total. The van der Waals surface area contributed by atoms with Crippen LogP contribution in [-0.2, 0) is 6.61 Å². The van der Waals surface area contributed by atoms with E-state index < -0.39 is 23.2 Å². The van der Waals surface area contributed by atoms with Crippen LogP contribution in [0.2, 0.25) is 0 Å². The number of benzene rings is 4. The highest BCUT2D eigenvalue weighted by molar-refractivity contribution is 6.10. The third-order valence-corrected chi connectivity index (χ3v) is 6.96. The van der Waals surface area contributed by atoms with Crippen LogP contribution in [0.4, 0.5) is 10.1 Å². The lowest BCUT2D eigenvalue weighted by atomic mass is 9.97. The Labute approximate surface area is 230 Å². The molecule has 0 aliphatic carbocycles. The molecule has 0 N–H and O–H groups in total. The SMILES string of the molecule is CCOc1cc(C2c3c(oc4ccc(F)cc4c3=O)C(=O)N2c2ccc(C)cc2)ccc1OCc1ccccc1. The fourth-order valence-corrected chi connectivity index (χ4v) is 5.05. The second-order valence-corrected chi connectivity index (χ2v) is 9.64. The number of aryl methyl sites for hydroxylation is 1. The molecule has 1 aliphatic rings. The monoisotopic (exact) mass is 535 g/mol. The van der Waals surface area contributed by atoms with E-state index in [-0.39, 0.29) is 22.3 Å². The molecule has 1 aromatic heterocycles. The molecule has 1 aliphatic heterocycles. The van der Waals surface area contributed by atoms with Crippen LogP contribution in [-0.4, -0.2) is 12.5 Å². The van der Waals surface area contributed by atoms with Gasteiger partial charge in [0.15, 0.2) is 16.9 Å². The van der Waals surface area contributed by atoms with Crippen molar-refractivity contribution in [2.75, 3.05) is 11.5 Å². The van der Waals surface area contributed by atoms with Gasteiger partial charge >= 0.3 is 0 Å². The molecule has 0 radical (unpaired) electrons. The molecule has 4 aromatic carbocycles. The molecule has 0 bridgehead atoms. The predicted octanol–water partition coefficient (Wildman–Crippen LogP) is 6.97. The molecule has 6 rings (SSSR count). The van der Waals surface area contributed by atoms with E-state index in [1.165, 1.54) is 12.1 Å². The summed E-state index contributed by atoms with van der Waals surface area (Å²) in [5.74, 6) is -0.0495. The highest BCUT2D eigenvalue weighted by Gasteiger charge is 2.44. The second kappa shape index (κ2) is 10.3. The first-order valence-corrected chi connectivity index (χ1v) is 13.0. The number of amides is 1. The fourth-order valence-electron chi connectivity index (χ4n) is 5.05. The highest BCUT2D eigenvalue weighted by atomic mass is 19.1. The average molecular weight is 536 g/mol. The van der Waals surface area contributed by atoms with Gasteiger partial charge in [0.05, 0.1) is 23.6 Å². The molecule has 40 heavy (non-hydrogen) atoms. The van der Waals surface area contributed by atoms with Crippen molar-refractivity contribution in [2.45, 2.75) is 26.5 Å². The minimum Gasteiger partial charge on any atom is -0.490 e. The summed E-state index contributed by atoms with van der Waals surface area (Å²) < 4.78 is 32.1. The average Bonchev–Trinajstić information content (AvgIpc) is 3.26. The van der Waals surface area contributed by atoms with Crippen LogP contribution < -0.4 is 19.8 Å². The zero-order valence-corrected chi connectivity index (χ0v) is 22.0. The Morgan fingerprint density at radius 1 is 0.875 bits per heavy atom. The summed E-state index contributed by atoms with van der Waals surface area (Å²) in [6.45, 7) is 4.56. The molecule has 200 valence electrons. The molecular formula is C33H26FNO5. The molecular weight excluding hydrogens is 509 g/mol. The third kappa shape index (κ3) is 4.49. The molecule has 7 heteroatoms. The third-order valence-electron chi connectivity index (χ3n) is 6.96. The van der Waals surface area contributed by atoms with Crippen molar-refractivity contribution in [1.82, 2.24) is 0 Å². The number of halogens is 1. The van der Waals surface area contributed by atoms with E-state index in [9.17, 15) is 14.0 Å². The van der Waals surface area contributed by atoms with Crippen molar-refractivity contribution < 1.29 is 23.1 Å². The van der Waals surface area contributed by atoms with Gasteiger partial charge < -0.3 is 13.9 Å². The standard InChI is InChI=1S/C33H26FNO5/c1-3-38-28-17-22(11-15-27(28)39-19-21-7-5-4-6-8-21)30-29-31(36)25-18-23(34)12-16-26(25)40-32(29)33(37)35(30)24-13-9-20(2)10-14-24/h4-18,30H,3,19H2,1-2H3. The van der Waals surface area contributed by atoms with Gasteiger partial charge in [-0.1, -0.05) is 54.1 Å². The van der Waals surface area contributed by atoms with Crippen LogP contribution in [0, 0.1) is 12.7 Å². The Morgan fingerprint density at radius 2 is 1.65 bits per heavy atom. The number of fused-ring (bicyclic) bond motifs is 2. The van der Waals surface area contributed by atoms with Crippen molar-refractivity contribution in [3.8, 4) is 11.5 Å². The van der Waals surface area contributed by atoms with Crippen LogP contribution in [0.15, 0.2) is 100 Å². The zero-order valence-electron chi connectivity index (χ0n) is 22.0. The number of anilines is 1. The van der Waals surface area contributed by atoms with E-state index in [4.69, 9.17) is 13.9 Å². The van der Waals surface area contributed by atoms with Gasteiger partial charge in [0.25, 0.3) is 5.91 Å². The number of carbonyl (C=O) groups excluding carboxylic acids is 1. The summed E-state index contributed by atoms with van der Waals surface area (Å²) in [6, 6.07) is 25.5. The first-order valence-electron chi connectivity index (χ1n) is 13.0. The van der Waals surface area contributed by atoms with E-state index in [1.807, 2.05) is 74.5 Å². The molecule has 0 saturated heterocycles. The predicted molar refractivity (Wildman–Crippen MR) is 151 cm³/mol. The molecule has 0 fully saturated rings. The van der Waals surface area contributed by atoms with Crippen molar-refractivity contribution in [3.05, 3.63) is 135 Å². The topological polar surface area (TPSA) is 69.0 Å². The largest absolute Gasteiger partial charge is 0.490 e. The van der Waals surface area contributed by atoms with Crippen LogP contribution in [0.5, 0.6) is 11.5 Å². The summed E-state index contributed by atoms with van der Waals surface area (Å²) in [4.78, 5) is 29.2. The Morgan fingerprint density at radius 3 is 2.40 bits per heavy atom. The Kier molecular flexibility index (Phi) is 6.56. The van der Waals surface area contributed by atoms with Gasteiger partial charge in [-0.2, -0.15) is 0 Å². The summed E-state index contributed by atoms with van der Waals surface area (Å²) >= 11 is 0.